The summed E-state index contributed by atoms with van der Waals surface area (Å²) in [6.45, 7) is 0.464. The van der Waals surface area contributed by atoms with E-state index in [-0.39, 0.29) is 18.1 Å². The quantitative estimate of drug-likeness (QED) is 0.439. The van der Waals surface area contributed by atoms with Crippen molar-refractivity contribution >= 4 is 5.96 Å². The first-order valence-corrected chi connectivity index (χ1v) is 9.73. The Morgan fingerprint density at radius 1 is 1.22 bits per heavy atom. The zero-order valence-electron chi connectivity index (χ0n) is 15.7. The predicted molar refractivity (Wildman–Crippen MR) is 100 cm³/mol. The number of hydrogen-bond acceptors (Lipinski definition) is 2. The van der Waals surface area contributed by atoms with E-state index in [1.807, 2.05) is 18.2 Å². The van der Waals surface area contributed by atoms with Crippen LogP contribution in [0.5, 0.6) is 5.75 Å². The van der Waals surface area contributed by atoms with Crippen LogP contribution < -0.4 is 15.4 Å². The second kappa shape index (κ2) is 8.40. The van der Waals surface area contributed by atoms with Crippen molar-refractivity contribution in [2.75, 3.05) is 13.6 Å². The molecule has 27 heavy (non-hydrogen) atoms. The highest BCUT2D eigenvalue weighted by Crippen LogP contribution is 2.46. The van der Waals surface area contributed by atoms with Gasteiger partial charge in [0.05, 0.1) is 6.04 Å². The maximum Gasteiger partial charge on any atom is 0.389 e. The summed E-state index contributed by atoms with van der Waals surface area (Å²) >= 11 is 0. The summed E-state index contributed by atoms with van der Waals surface area (Å²) in [5.74, 6) is 1.54. The number of ether oxygens (including phenoxy) is 1. The molecule has 3 rings (SSSR count). The smallest absolute Gasteiger partial charge is 0.389 e. The van der Waals surface area contributed by atoms with Crippen LogP contribution in [-0.4, -0.2) is 31.3 Å². The fourth-order valence-electron chi connectivity index (χ4n) is 4.09. The van der Waals surface area contributed by atoms with Crippen molar-refractivity contribution in [3.8, 4) is 5.75 Å². The van der Waals surface area contributed by atoms with E-state index in [2.05, 4.69) is 21.7 Å². The monoisotopic (exact) mass is 383 g/mol. The zero-order valence-corrected chi connectivity index (χ0v) is 15.7. The van der Waals surface area contributed by atoms with Crippen molar-refractivity contribution in [1.29, 1.82) is 0 Å². The molecular formula is C20H28F3N3O. The standard InChI is InChI=1S/C20H28F3N3O/c1-24-18(25-13-7-6-12-20(21,22)23)26-16-14-19(10-4-5-11-19)27-17-9-3-2-8-15(16)17/h2-3,8-9,16H,4-7,10-14H2,1H3,(H2,24,25,26). The largest absolute Gasteiger partial charge is 0.487 e. The van der Waals surface area contributed by atoms with E-state index >= 15 is 0 Å². The van der Waals surface area contributed by atoms with Crippen LogP contribution in [0.2, 0.25) is 0 Å². The molecule has 150 valence electrons. The molecule has 1 saturated carbocycles. The first-order chi connectivity index (χ1) is 12.9. The highest BCUT2D eigenvalue weighted by molar-refractivity contribution is 5.80. The van der Waals surface area contributed by atoms with Gasteiger partial charge in [0.1, 0.15) is 11.4 Å². The van der Waals surface area contributed by atoms with Crippen LogP contribution in [0.3, 0.4) is 0 Å². The first kappa shape index (κ1) is 19.8. The number of nitrogens with zero attached hydrogens (tertiary/aromatic N) is 1. The fraction of sp³-hybridized carbons (Fsp3) is 0.650. The lowest BCUT2D eigenvalue weighted by molar-refractivity contribution is -0.135. The molecule has 0 bridgehead atoms. The lowest BCUT2D eigenvalue weighted by Crippen LogP contribution is -2.46. The van der Waals surface area contributed by atoms with Gasteiger partial charge in [0.15, 0.2) is 5.96 Å². The van der Waals surface area contributed by atoms with Crippen LogP contribution in [0.4, 0.5) is 13.2 Å². The molecule has 0 aromatic heterocycles. The summed E-state index contributed by atoms with van der Waals surface area (Å²) in [7, 11) is 1.68. The molecule has 0 amide bonds. The second-order valence-corrected chi connectivity index (χ2v) is 7.50. The Kier molecular flexibility index (Phi) is 6.17. The third-order valence-electron chi connectivity index (χ3n) is 5.43. The molecule has 1 spiro atoms. The molecular weight excluding hydrogens is 355 g/mol. The Hall–Kier alpha value is -1.92. The maximum absolute atomic E-state index is 12.2. The number of guanidine groups is 1. The van der Waals surface area contributed by atoms with Gasteiger partial charge in [-0.1, -0.05) is 18.2 Å². The zero-order chi connectivity index (χ0) is 19.3. The molecule has 2 aliphatic rings. The molecule has 1 atom stereocenters. The van der Waals surface area contributed by atoms with Gasteiger partial charge in [-0.05, 0) is 44.6 Å². The molecule has 4 nitrogen and oxygen atoms in total. The number of rotatable bonds is 5. The summed E-state index contributed by atoms with van der Waals surface area (Å²) in [5.41, 5.74) is 0.993. The molecule has 1 unspecified atom stereocenters. The number of hydrogen-bond donors (Lipinski definition) is 2. The van der Waals surface area contributed by atoms with Crippen LogP contribution in [-0.2, 0) is 0 Å². The van der Waals surface area contributed by atoms with Crippen LogP contribution in [0.1, 0.15) is 63.0 Å². The predicted octanol–water partition coefficient (Wildman–Crippen LogP) is 4.72. The van der Waals surface area contributed by atoms with E-state index in [9.17, 15) is 13.2 Å². The van der Waals surface area contributed by atoms with E-state index in [4.69, 9.17) is 4.74 Å². The Morgan fingerprint density at radius 3 is 2.67 bits per heavy atom. The molecule has 1 fully saturated rings. The van der Waals surface area contributed by atoms with E-state index in [0.29, 0.717) is 18.9 Å². The third kappa shape index (κ3) is 5.30. The van der Waals surface area contributed by atoms with E-state index in [0.717, 1.165) is 30.6 Å². The number of para-hydroxylation sites is 1. The number of unbranched alkanes of at least 4 members (excludes halogenated alkanes) is 1. The van der Waals surface area contributed by atoms with Gasteiger partial charge < -0.3 is 15.4 Å². The molecule has 0 radical (unpaired) electrons. The van der Waals surface area contributed by atoms with Crippen LogP contribution in [0, 0.1) is 0 Å². The van der Waals surface area contributed by atoms with E-state index in [1.54, 1.807) is 7.05 Å². The van der Waals surface area contributed by atoms with Crippen LogP contribution >= 0.6 is 0 Å². The highest BCUT2D eigenvalue weighted by atomic mass is 19.4. The van der Waals surface area contributed by atoms with Gasteiger partial charge in [0.2, 0.25) is 0 Å². The highest BCUT2D eigenvalue weighted by Gasteiger charge is 2.43. The summed E-state index contributed by atoms with van der Waals surface area (Å²) in [5, 5.41) is 6.60. The Bertz CT molecular complexity index is 654. The number of halogens is 3. The molecule has 1 aliphatic heterocycles. The average molecular weight is 383 g/mol. The maximum atomic E-state index is 12.2. The number of nitrogens with one attached hydrogen (secondary N) is 2. The summed E-state index contributed by atoms with van der Waals surface area (Å²) < 4.78 is 43.1. The molecule has 1 heterocycles. The minimum atomic E-state index is -4.08. The molecule has 1 aliphatic carbocycles. The van der Waals surface area contributed by atoms with Gasteiger partial charge in [-0.15, -0.1) is 0 Å². The van der Waals surface area contributed by atoms with Crippen molar-refractivity contribution in [2.24, 2.45) is 4.99 Å². The van der Waals surface area contributed by atoms with Crippen LogP contribution in [0.15, 0.2) is 29.3 Å². The van der Waals surface area contributed by atoms with Gasteiger partial charge in [0, 0.05) is 32.0 Å². The normalized spacial score (nSPS) is 21.6. The average Bonchev–Trinajstić information content (AvgIpc) is 3.06. The first-order valence-electron chi connectivity index (χ1n) is 9.73. The number of alkyl halides is 3. The Morgan fingerprint density at radius 2 is 1.96 bits per heavy atom. The molecule has 0 saturated heterocycles. The van der Waals surface area contributed by atoms with E-state index in [1.165, 1.54) is 12.8 Å². The molecule has 7 heteroatoms. The fourth-order valence-corrected chi connectivity index (χ4v) is 4.09. The Labute approximate surface area is 158 Å². The lowest BCUT2D eigenvalue weighted by atomic mass is 9.86. The second-order valence-electron chi connectivity index (χ2n) is 7.50. The summed E-state index contributed by atoms with van der Waals surface area (Å²) in [4.78, 5) is 4.25. The van der Waals surface area contributed by atoms with Gasteiger partial charge in [-0.2, -0.15) is 13.2 Å². The number of fused-ring (bicyclic) bond motifs is 1. The van der Waals surface area contributed by atoms with Gasteiger partial charge in [-0.25, -0.2) is 0 Å². The topological polar surface area (TPSA) is 45.7 Å². The van der Waals surface area contributed by atoms with E-state index < -0.39 is 12.6 Å². The third-order valence-corrected chi connectivity index (χ3v) is 5.43. The minimum absolute atomic E-state index is 0.0782. The van der Waals surface area contributed by atoms with Crippen molar-refractivity contribution in [2.45, 2.75) is 69.2 Å². The lowest BCUT2D eigenvalue weighted by Gasteiger charge is -2.40. The summed E-state index contributed by atoms with van der Waals surface area (Å²) in [6, 6.07) is 8.13. The number of aliphatic imine (C=N–C) groups is 1. The van der Waals surface area contributed by atoms with Crippen molar-refractivity contribution in [1.82, 2.24) is 10.6 Å². The molecule has 1 aromatic rings. The van der Waals surface area contributed by atoms with Crippen molar-refractivity contribution < 1.29 is 17.9 Å². The summed E-state index contributed by atoms with van der Waals surface area (Å²) in [6.07, 6.45) is 1.11. The van der Waals surface area contributed by atoms with Gasteiger partial charge in [0.25, 0.3) is 0 Å². The van der Waals surface area contributed by atoms with Crippen molar-refractivity contribution in [3.63, 3.8) is 0 Å². The van der Waals surface area contributed by atoms with Crippen molar-refractivity contribution in [3.05, 3.63) is 29.8 Å². The Balaban J connectivity index is 1.59. The van der Waals surface area contributed by atoms with Gasteiger partial charge in [-0.3, -0.25) is 4.99 Å². The van der Waals surface area contributed by atoms with Crippen LogP contribution in [0.25, 0.3) is 0 Å². The number of benzene rings is 1. The van der Waals surface area contributed by atoms with Gasteiger partial charge >= 0.3 is 6.18 Å². The molecule has 1 aromatic carbocycles. The minimum Gasteiger partial charge on any atom is -0.487 e. The molecule has 2 N–H and O–H groups in total. The SMILES string of the molecule is CN=C(NCCCCC(F)(F)F)NC1CC2(CCCC2)Oc2ccccc21.